The van der Waals surface area contributed by atoms with Gasteiger partial charge in [-0.2, -0.15) is 0 Å². The van der Waals surface area contributed by atoms with Gasteiger partial charge in [0, 0.05) is 16.3 Å². The van der Waals surface area contributed by atoms with Gasteiger partial charge < -0.3 is 14.5 Å². The van der Waals surface area contributed by atoms with E-state index in [1.165, 1.54) is 5.56 Å². The van der Waals surface area contributed by atoms with Crippen molar-refractivity contribution in [1.29, 1.82) is 0 Å². The first-order valence-corrected chi connectivity index (χ1v) is 10.6. The van der Waals surface area contributed by atoms with Crippen molar-refractivity contribution in [3.63, 3.8) is 0 Å². The first-order valence-electron chi connectivity index (χ1n) is 10.2. The SMILES string of the molecule is CC[C@@H](C)c1ccc2oc(-c3cccc(NC(=O)COc4ccc(Cl)cc4)c3)nc2c1. The highest BCUT2D eigenvalue weighted by Gasteiger charge is 2.12. The smallest absolute Gasteiger partial charge is 0.262 e. The topological polar surface area (TPSA) is 64.4 Å². The number of hydrogen-bond acceptors (Lipinski definition) is 4. The molecule has 0 radical (unpaired) electrons. The second-order valence-corrected chi connectivity index (χ2v) is 7.86. The van der Waals surface area contributed by atoms with Gasteiger partial charge >= 0.3 is 0 Å². The molecule has 158 valence electrons. The Kier molecular flexibility index (Phi) is 6.23. The molecule has 0 bridgehead atoms. The van der Waals surface area contributed by atoms with E-state index < -0.39 is 0 Å². The quantitative estimate of drug-likeness (QED) is 0.352. The fourth-order valence-electron chi connectivity index (χ4n) is 3.22. The molecule has 1 aromatic heterocycles. The second-order valence-electron chi connectivity index (χ2n) is 7.43. The molecule has 1 N–H and O–H groups in total. The second kappa shape index (κ2) is 9.23. The van der Waals surface area contributed by atoms with Crippen LogP contribution in [0.15, 0.2) is 71.1 Å². The van der Waals surface area contributed by atoms with Crippen LogP contribution < -0.4 is 10.1 Å². The number of aromatic nitrogens is 1. The van der Waals surface area contributed by atoms with Crippen molar-refractivity contribution in [2.75, 3.05) is 11.9 Å². The van der Waals surface area contributed by atoms with Crippen LogP contribution in [0.1, 0.15) is 31.7 Å². The van der Waals surface area contributed by atoms with Gasteiger partial charge in [0.1, 0.15) is 11.3 Å². The standard InChI is InChI=1S/C25H23ClN2O3/c1-3-16(2)17-7-12-23-22(14-17)28-25(31-23)18-5-4-6-20(13-18)27-24(29)15-30-21-10-8-19(26)9-11-21/h4-14,16H,3,15H2,1-2H3,(H,27,29)/t16-/m1/s1. The molecule has 0 aliphatic rings. The molecule has 0 fully saturated rings. The van der Waals surface area contributed by atoms with Crippen LogP contribution in [0.5, 0.6) is 5.75 Å². The number of anilines is 1. The summed E-state index contributed by atoms with van der Waals surface area (Å²) >= 11 is 5.85. The molecule has 6 heteroatoms. The van der Waals surface area contributed by atoms with Crippen LogP contribution in [-0.4, -0.2) is 17.5 Å². The molecule has 5 nitrogen and oxygen atoms in total. The number of oxazole rings is 1. The molecule has 0 spiro atoms. The van der Waals surface area contributed by atoms with Gasteiger partial charge in [-0.05, 0) is 72.5 Å². The number of carbonyl (C=O) groups excluding carboxylic acids is 1. The van der Waals surface area contributed by atoms with Crippen LogP contribution in [0.3, 0.4) is 0 Å². The van der Waals surface area contributed by atoms with Crippen molar-refractivity contribution in [2.24, 2.45) is 0 Å². The minimum absolute atomic E-state index is 0.104. The number of nitrogens with one attached hydrogen (secondary N) is 1. The lowest BCUT2D eigenvalue weighted by atomic mass is 9.98. The molecular formula is C25H23ClN2O3. The van der Waals surface area contributed by atoms with Crippen molar-refractivity contribution in [3.05, 3.63) is 77.3 Å². The zero-order valence-electron chi connectivity index (χ0n) is 17.4. The molecule has 1 atom stereocenters. The Labute approximate surface area is 186 Å². The van der Waals surface area contributed by atoms with Crippen LogP contribution >= 0.6 is 11.6 Å². The van der Waals surface area contributed by atoms with E-state index in [0.29, 0.717) is 28.3 Å². The fraction of sp³-hybridized carbons (Fsp3) is 0.200. The third-order valence-electron chi connectivity index (χ3n) is 5.17. The summed E-state index contributed by atoms with van der Waals surface area (Å²) in [6.45, 7) is 4.27. The molecule has 0 saturated carbocycles. The zero-order chi connectivity index (χ0) is 21.8. The third-order valence-corrected chi connectivity index (χ3v) is 5.42. The minimum atomic E-state index is -0.261. The maximum atomic E-state index is 12.3. The van der Waals surface area contributed by atoms with E-state index in [-0.39, 0.29) is 12.5 Å². The summed E-state index contributed by atoms with van der Waals surface area (Å²) in [6, 6.07) is 20.4. The summed E-state index contributed by atoms with van der Waals surface area (Å²) in [5, 5.41) is 3.45. The van der Waals surface area contributed by atoms with E-state index >= 15 is 0 Å². The lowest BCUT2D eigenvalue weighted by Gasteiger charge is -2.08. The van der Waals surface area contributed by atoms with Crippen LogP contribution in [0.25, 0.3) is 22.6 Å². The number of rotatable bonds is 7. The van der Waals surface area contributed by atoms with E-state index in [1.807, 2.05) is 30.3 Å². The Balaban J connectivity index is 1.46. The van der Waals surface area contributed by atoms with Gasteiger partial charge in [-0.15, -0.1) is 0 Å². The van der Waals surface area contributed by atoms with Gasteiger partial charge in [-0.3, -0.25) is 4.79 Å². The lowest BCUT2D eigenvalue weighted by molar-refractivity contribution is -0.118. The van der Waals surface area contributed by atoms with Crippen LogP contribution in [0, 0.1) is 0 Å². The molecule has 4 rings (SSSR count). The van der Waals surface area contributed by atoms with Crippen molar-refractivity contribution in [1.82, 2.24) is 4.98 Å². The minimum Gasteiger partial charge on any atom is -0.484 e. The molecule has 31 heavy (non-hydrogen) atoms. The van der Waals surface area contributed by atoms with E-state index in [1.54, 1.807) is 24.3 Å². The molecule has 4 aromatic rings. The number of fused-ring (bicyclic) bond motifs is 1. The highest BCUT2D eigenvalue weighted by Crippen LogP contribution is 2.29. The van der Waals surface area contributed by atoms with Gasteiger partial charge in [-0.1, -0.05) is 37.6 Å². The van der Waals surface area contributed by atoms with E-state index in [9.17, 15) is 4.79 Å². The highest BCUT2D eigenvalue weighted by molar-refractivity contribution is 6.30. The first kappa shape index (κ1) is 20.9. The Morgan fingerprint density at radius 2 is 1.94 bits per heavy atom. The van der Waals surface area contributed by atoms with E-state index in [4.69, 9.17) is 20.8 Å². The predicted octanol–water partition coefficient (Wildman–Crippen LogP) is 6.68. The van der Waals surface area contributed by atoms with Gasteiger partial charge in [0.25, 0.3) is 5.91 Å². The molecule has 3 aromatic carbocycles. The summed E-state index contributed by atoms with van der Waals surface area (Å²) in [6.07, 6.45) is 1.07. The Morgan fingerprint density at radius 3 is 2.71 bits per heavy atom. The number of amides is 1. The normalized spacial score (nSPS) is 12.0. The molecule has 1 heterocycles. The van der Waals surface area contributed by atoms with Gasteiger partial charge in [0.15, 0.2) is 12.2 Å². The monoisotopic (exact) mass is 434 g/mol. The molecule has 0 saturated heterocycles. The maximum absolute atomic E-state index is 12.3. The van der Waals surface area contributed by atoms with Crippen molar-refractivity contribution < 1.29 is 13.9 Å². The lowest BCUT2D eigenvalue weighted by Crippen LogP contribution is -2.20. The van der Waals surface area contributed by atoms with Crippen molar-refractivity contribution >= 4 is 34.3 Å². The number of hydrogen-bond donors (Lipinski definition) is 1. The van der Waals surface area contributed by atoms with Gasteiger partial charge in [0.2, 0.25) is 5.89 Å². The molecule has 0 unspecified atom stereocenters. The summed E-state index contributed by atoms with van der Waals surface area (Å²) in [4.78, 5) is 16.9. The first-order chi connectivity index (χ1) is 15.0. The largest absolute Gasteiger partial charge is 0.484 e. The molecule has 0 aliphatic heterocycles. The number of nitrogens with zero attached hydrogens (tertiary/aromatic N) is 1. The van der Waals surface area contributed by atoms with E-state index in [2.05, 4.69) is 36.3 Å². The molecule has 1 amide bonds. The van der Waals surface area contributed by atoms with Crippen molar-refractivity contribution in [2.45, 2.75) is 26.2 Å². The number of ether oxygens (including phenoxy) is 1. The summed E-state index contributed by atoms with van der Waals surface area (Å²) in [5.41, 5.74) is 4.26. The van der Waals surface area contributed by atoms with Crippen LogP contribution in [0.4, 0.5) is 5.69 Å². The number of carbonyl (C=O) groups is 1. The summed E-state index contributed by atoms with van der Waals surface area (Å²) < 4.78 is 11.4. The molecule has 0 aliphatic carbocycles. The highest BCUT2D eigenvalue weighted by atomic mass is 35.5. The molecular weight excluding hydrogens is 412 g/mol. The summed E-state index contributed by atoms with van der Waals surface area (Å²) in [5.74, 6) is 1.31. The number of halogens is 1. The van der Waals surface area contributed by atoms with Crippen molar-refractivity contribution in [3.8, 4) is 17.2 Å². The predicted molar refractivity (Wildman–Crippen MR) is 124 cm³/mol. The number of benzene rings is 3. The fourth-order valence-corrected chi connectivity index (χ4v) is 3.34. The Morgan fingerprint density at radius 1 is 1.13 bits per heavy atom. The van der Waals surface area contributed by atoms with Crippen LogP contribution in [0.2, 0.25) is 5.02 Å². The summed E-state index contributed by atoms with van der Waals surface area (Å²) in [7, 11) is 0. The Hall–Kier alpha value is -3.31. The van der Waals surface area contributed by atoms with E-state index in [0.717, 1.165) is 23.1 Å². The van der Waals surface area contributed by atoms with Gasteiger partial charge in [-0.25, -0.2) is 4.98 Å². The zero-order valence-corrected chi connectivity index (χ0v) is 18.1. The maximum Gasteiger partial charge on any atom is 0.262 e. The Bertz CT molecular complexity index is 1200. The third kappa shape index (κ3) is 5.06. The average Bonchev–Trinajstić information content (AvgIpc) is 3.22. The van der Waals surface area contributed by atoms with Crippen LogP contribution in [-0.2, 0) is 4.79 Å². The average molecular weight is 435 g/mol. The van der Waals surface area contributed by atoms with Gasteiger partial charge in [0.05, 0.1) is 0 Å².